The number of aliphatic hydroxyl groups is 1. The molecule has 1 saturated heterocycles. The van der Waals surface area contributed by atoms with E-state index in [0.717, 1.165) is 57.3 Å². The van der Waals surface area contributed by atoms with Gasteiger partial charge in [0.05, 0.1) is 18.0 Å². The van der Waals surface area contributed by atoms with Crippen molar-refractivity contribution in [3.63, 3.8) is 0 Å². The number of carbonyl (C=O) groups excluding carboxylic acids is 1. The highest BCUT2D eigenvalue weighted by Gasteiger charge is 2.23. The van der Waals surface area contributed by atoms with Gasteiger partial charge in [-0.25, -0.2) is 0 Å². The summed E-state index contributed by atoms with van der Waals surface area (Å²) in [6.07, 6.45) is 1.71. The average molecular weight is 506 g/mol. The van der Waals surface area contributed by atoms with E-state index in [2.05, 4.69) is 51.1 Å². The fourth-order valence-corrected chi connectivity index (χ4v) is 5.36. The lowest BCUT2D eigenvalue weighted by Gasteiger charge is -2.36. The molecule has 0 spiro atoms. The summed E-state index contributed by atoms with van der Waals surface area (Å²) in [6, 6.07) is 14.8. The van der Waals surface area contributed by atoms with Crippen LogP contribution in [0.25, 0.3) is 0 Å². The topological polar surface area (TPSA) is 96.1 Å². The predicted molar refractivity (Wildman–Crippen MR) is 137 cm³/mol. The first-order chi connectivity index (χ1) is 16.5. The SMILES string of the molecule is NCCCC(=O)[O-].OCCN1CCN(CCCN2c3ccccc3Sc3ccc(Cl)cc32)CC1. The Morgan fingerprint density at radius 3 is 2.29 bits per heavy atom. The van der Waals surface area contributed by atoms with Crippen molar-refractivity contribution in [2.75, 3.05) is 63.9 Å². The maximum Gasteiger partial charge on any atom is 0.0567 e. The van der Waals surface area contributed by atoms with Crippen LogP contribution in [0.15, 0.2) is 52.3 Å². The summed E-state index contributed by atoms with van der Waals surface area (Å²) in [4.78, 5) is 19.5. The Morgan fingerprint density at radius 2 is 1.65 bits per heavy atom. The van der Waals surface area contributed by atoms with Gasteiger partial charge in [-0.05, 0) is 62.7 Å². The van der Waals surface area contributed by atoms with Crippen LogP contribution in [0.5, 0.6) is 0 Å². The second-order valence-electron chi connectivity index (χ2n) is 8.36. The standard InChI is InChI=1S/C21H26ClN3OS.C4H9NO2/c22-17-6-7-21-19(16-17)25(18-4-1-2-5-20(18)27-21)9-3-8-23-10-12-24(13-11-23)14-15-26;5-3-1-2-4(6)7/h1-2,4-7,16,26H,3,8-15H2;1-3,5H2,(H,6,7)/p-1. The predicted octanol–water partition coefficient (Wildman–Crippen LogP) is 2.42. The Kier molecular flexibility index (Phi) is 11.0. The highest BCUT2D eigenvalue weighted by atomic mass is 35.5. The molecular weight excluding hydrogens is 472 g/mol. The van der Waals surface area contributed by atoms with Crippen LogP contribution in [0.3, 0.4) is 0 Å². The maximum atomic E-state index is 9.59. The number of halogens is 1. The van der Waals surface area contributed by atoms with Crippen molar-refractivity contribution in [2.24, 2.45) is 5.73 Å². The molecule has 2 aromatic rings. The van der Waals surface area contributed by atoms with Gasteiger partial charge in [-0.2, -0.15) is 0 Å². The number of hydrogen-bond donors (Lipinski definition) is 2. The number of hydrogen-bond acceptors (Lipinski definition) is 8. The van der Waals surface area contributed by atoms with Crippen LogP contribution in [0, 0.1) is 0 Å². The number of carboxylic acid groups (broad SMARTS) is 1. The van der Waals surface area contributed by atoms with Crippen molar-refractivity contribution in [3.05, 3.63) is 47.5 Å². The Morgan fingerprint density at radius 1 is 0.971 bits per heavy atom. The Balaban J connectivity index is 0.000000406. The second-order valence-corrected chi connectivity index (χ2v) is 9.88. The molecule has 0 aromatic heterocycles. The smallest absolute Gasteiger partial charge is 0.0567 e. The molecule has 2 aliphatic rings. The molecule has 2 heterocycles. The van der Waals surface area contributed by atoms with Crippen molar-refractivity contribution < 1.29 is 15.0 Å². The molecule has 0 unspecified atom stereocenters. The van der Waals surface area contributed by atoms with E-state index in [1.54, 1.807) is 0 Å². The molecular formula is C25H34ClN4O3S-. The molecule has 0 saturated carbocycles. The van der Waals surface area contributed by atoms with Crippen LogP contribution in [0.2, 0.25) is 5.02 Å². The maximum absolute atomic E-state index is 9.59. The van der Waals surface area contributed by atoms with Gasteiger partial charge in [0.15, 0.2) is 0 Å². The molecule has 0 atom stereocenters. The number of β-amino-alcohol motifs (C(OH)–C–C–N with tert-alkyl or cyclic N) is 1. The van der Waals surface area contributed by atoms with Gasteiger partial charge in [0.2, 0.25) is 0 Å². The minimum atomic E-state index is -1.02. The number of rotatable bonds is 9. The number of carbonyl (C=O) groups is 1. The van der Waals surface area contributed by atoms with Crippen LogP contribution in [0.1, 0.15) is 19.3 Å². The molecule has 9 heteroatoms. The van der Waals surface area contributed by atoms with Crippen molar-refractivity contribution in [1.29, 1.82) is 0 Å². The number of benzene rings is 2. The van der Waals surface area contributed by atoms with E-state index < -0.39 is 5.97 Å². The van der Waals surface area contributed by atoms with Gasteiger partial charge in [0, 0.05) is 60.1 Å². The number of aliphatic carboxylic acids is 1. The summed E-state index contributed by atoms with van der Waals surface area (Å²) >= 11 is 8.12. The monoisotopic (exact) mass is 505 g/mol. The highest BCUT2D eigenvalue weighted by Crippen LogP contribution is 2.48. The van der Waals surface area contributed by atoms with E-state index in [1.807, 2.05) is 17.8 Å². The van der Waals surface area contributed by atoms with Crippen LogP contribution < -0.4 is 15.7 Å². The first-order valence-electron chi connectivity index (χ1n) is 11.8. The number of nitrogens with two attached hydrogens (primary N) is 1. The number of anilines is 2. The lowest BCUT2D eigenvalue weighted by Crippen LogP contribution is -2.47. The van der Waals surface area contributed by atoms with Crippen LogP contribution in [-0.4, -0.2) is 79.8 Å². The molecule has 0 amide bonds. The number of nitrogens with zero attached hydrogens (tertiary/aromatic N) is 3. The summed E-state index contributed by atoms with van der Waals surface area (Å²) < 4.78 is 0. The zero-order valence-electron chi connectivity index (χ0n) is 19.5. The summed E-state index contributed by atoms with van der Waals surface area (Å²) in [5.74, 6) is -1.02. The summed E-state index contributed by atoms with van der Waals surface area (Å²) in [7, 11) is 0. The average Bonchev–Trinajstić information content (AvgIpc) is 2.84. The van der Waals surface area contributed by atoms with E-state index >= 15 is 0 Å². The van der Waals surface area contributed by atoms with Crippen LogP contribution in [0.4, 0.5) is 11.4 Å². The van der Waals surface area contributed by atoms with Crippen molar-refractivity contribution in [1.82, 2.24) is 9.80 Å². The molecule has 1 fully saturated rings. The van der Waals surface area contributed by atoms with Gasteiger partial charge >= 0.3 is 0 Å². The van der Waals surface area contributed by atoms with E-state index in [9.17, 15) is 9.90 Å². The molecule has 0 radical (unpaired) electrons. The molecule has 186 valence electrons. The number of carboxylic acids is 1. The molecule has 3 N–H and O–H groups in total. The van der Waals surface area contributed by atoms with Gasteiger partial charge in [0.1, 0.15) is 0 Å². The van der Waals surface area contributed by atoms with E-state index in [4.69, 9.17) is 22.4 Å². The second kappa shape index (κ2) is 13.9. The first-order valence-corrected chi connectivity index (χ1v) is 13.0. The molecule has 34 heavy (non-hydrogen) atoms. The highest BCUT2D eigenvalue weighted by molar-refractivity contribution is 7.99. The number of piperazine rings is 1. The minimum Gasteiger partial charge on any atom is -0.550 e. The largest absolute Gasteiger partial charge is 0.550 e. The molecule has 0 aliphatic carbocycles. The summed E-state index contributed by atoms with van der Waals surface area (Å²) in [5.41, 5.74) is 7.49. The number of aliphatic hydroxyl groups excluding tert-OH is 1. The summed E-state index contributed by atoms with van der Waals surface area (Å²) in [6.45, 7) is 7.88. The quantitative estimate of drug-likeness (QED) is 0.536. The van der Waals surface area contributed by atoms with Gasteiger partial charge in [-0.1, -0.05) is 35.5 Å². The summed E-state index contributed by atoms with van der Waals surface area (Å²) in [5, 5.41) is 19.5. The van der Waals surface area contributed by atoms with Gasteiger partial charge < -0.3 is 30.5 Å². The van der Waals surface area contributed by atoms with Crippen molar-refractivity contribution >= 4 is 40.7 Å². The first kappa shape index (κ1) is 26.8. The Labute approximate surface area is 211 Å². The molecule has 0 bridgehead atoms. The molecule has 4 rings (SSSR count). The zero-order valence-corrected chi connectivity index (χ0v) is 21.1. The molecule has 7 nitrogen and oxygen atoms in total. The fraction of sp³-hybridized carbons (Fsp3) is 0.480. The third kappa shape index (κ3) is 7.86. The normalized spacial score (nSPS) is 15.8. The van der Waals surface area contributed by atoms with Crippen molar-refractivity contribution in [2.45, 2.75) is 29.1 Å². The van der Waals surface area contributed by atoms with Crippen molar-refractivity contribution in [3.8, 4) is 0 Å². The lowest BCUT2D eigenvalue weighted by atomic mass is 10.2. The third-order valence-corrected chi connectivity index (χ3v) is 7.28. The van der Waals surface area contributed by atoms with Crippen LogP contribution >= 0.6 is 23.4 Å². The minimum absolute atomic E-state index is 0.0799. The Bertz CT molecular complexity index is 925. The van der Waals surface area contributed by atoms with E-state index in [0.29, 0.717) is 13.0 Å². The lowest BCUT2D eigenvalue weighted by molar-refractivity contribution is -0.305. The Hall–Kier alpha value is -1.81. The van der Waals surface area contributed by atoms with E-state index in [-0.39, 0.29) is 13.0 Å². The van der Waals surface area contributed by atoms with Gasteiger partial charge in [-0.15, -0.1) is 0 Å². The van der Waals surface area contributed by atoms with Crippen LogP contribution in [-0.2, 0) is 4.79 Å². The van der Waals surface area contributed by atoms with Gasteiger partial charge in [0.25, 0.3) is 0 Å². The number of para-hydroxylation sites is 1. The van der Waals surface area contributed by atoms with Gasteiger partial charge in [-0.3, -0.25) is 4.90 Å². The zero-order chi connectivity index (χ0) is 24.3. The van der Waals surface area contributed by atoms with E-state index in [1.165, 1.54) is 21.2 Å². The fourth-order valence-electron chi connectivity index (χ4n) is 4.12. The third-order valence-electron chi connectivity index (χ3n) is 5.91. The number of fused-ring (bicyclic) bond motifs is 2. The molecule has 2 aliphatic heterocycles. The molecule has 2 aromatic carbocycles.